The molecule has 1 aromatic rings. The molecule has 2 heterocycles. The molecule has 3 rings (SSSR count). The maximum atomic E-state index is 5.56. The average molecular weight is 574 g/mol. The Morgan fingerprint density at radius 3 is 2.64 bits per heavy atom. The molecule has 0 bridgehead atoms. The minimum absolute atomic E-state index is 0. The SMILES string of the molecule is CCNC(=NCC(CC(C)C)N1CCOCC1)NCC1CCN(c2ccccc2OC)C1.I. The molecular formula is C25H44IN5O2. The summed E-state index contributed by atoms with van der Waals surface area (Å²) >= 11 is 0. The first-order chi connectivity index (χ1) is 15.6. The van der Waals surface area contributed by atoms with Crippen LogP contribution in [-0.2, 0) is 4.74 Å². The number of morpholine rings is 1. The Hall–Kier alpha value is -1.26. The normalized spacial score (nSPS) is 20.5. The summed E-state index contributed by atoms with van der Waals surface area (Å²) in [6, 6.07) is 8.78. The maximum Gasteiger partial charge on any atom is 0.191 e. The van der Waals surface area contributed by atoms with Gasteiger partial charge in [-0.3, -0.25) is 9.89 Å². The number of aliphatic imine (C=N–C) groups is 1. The summed E-state index contributed by atoms with van der Waals surface area (Å²) in [5.74, 6) is 3.14. The van der Waals surface area contributed by atoms with Crippen LogP contribution < -0.4 is 20.3 Å². The quantitative estimate of drug-likeness (QED) is 0.254. The highest BCUT2D eigenvalue weighted by atomic mass is 127. The van der Waals surface area contributed by atoms with Crippen LogP contribution in [0.25, 0.3) is 0 Å². The summed E-state index contributed by atoms with van der Waals surface area (Å²) in [6.07, 6.45) is 2.34. The van der Waals surface area contributed by atoms with Gasteiger partial charge in [-0.05, 0) is 43.7 Å². The van der Waals surface area contributed by atoms with Gasteiger partial charge >= 0.3 is 0 Å². The maximum absolute atomic E-state index is 5.56. The molecule has 8 heteroatoms. The van der Waals surface area contributed by atoms with Crippen molar-refractivity contribution in [2.24, 2.45) is 16.8 Å². The van der Waals surface area contributed by atoms with E-state index in [9.17, 15) is 0 Å². The molecule has 2 aliphatic rings. The third-order valence-corrected chi connectivity index (χ3v) is 6.38. The fraction of sp³-hybridized carbons (Fsp3) is 0.720. The van der Waals surface area contributed by atoms with Crippen LogP contribution in [0.2, 0.25) is 0 Å². The third kappa shape index (κ3) is 8.79. The van der Waals surface area contributed by atoms with Gasteiger partial charge in [0.2, 0.25) is 0 Å². The summed E-state index contributed by atoms with van der Waals surface area (Å²) < 4.78 is 11.1. The number of rotatable bonds is 10. The van der Waals surface area contributed by atoms with Crippen LogP contribution in [0, 0.1) is 11.8 Å². The van der Waals surface area contributed by atoms with E-state index in [1.807, 2.05) is 12.1 Å². The molecule has 2 unspecified atom stereocenters. The predicted octanol–water partition coefficient (Wildman–Crippen LogP) is 3.44. The second-order valence-electron chi connectivity index (χ2n) is 9.30. The standard InChI is InChI=1S/C25H43N5O2.HI/c1-5-26-25(28-18-22(16-20(2)3)29-12-14-32-15-13-29)27-17-21-10-11-30(19-21)23-8-6-7-9-24(23)31-4;/h6-9,20-22H,5,10-19H2,1-4H3,(H2,26,27,28);1H. The lowest BCUT2D eigenvalue weighted by atomic mass is 10.0. The molecule has 2 aliphatic heterocycles. The Morgan fingerprint density at radius 1 is 1.18 bits per heavy atom. The third-order valence-electron chi connectivity index (χ3n) is 6.38. The summed E-state index contributed by atoms with van der Waals surface area (Å²) in [5, 5.41) is 7.05. The number of methoxy groups -OCH3 is 1. The first-order valence-electron chi connectivity index (χ1n) is 12.3. The number of benzene rings is 1. The van der Waals surface area contributed by atoms with Crippen molar-refractivity contribution in [3.63, 3.8) is 0 Å². The number of hydrogen-bond donors (Lipinski definition) is 2. The zero-order valence-corrected chi connectivity index (χ0v) is 23.2. The summed E-state index contributed by atoms with van der Waals surface area (Å²) in [7, 11) is 1.75. The predicted molar refractivity (Wildman–Crippen MR) is 148 cm³/mol. The molecule has 0 amide bonds. The number of halogens is 1. The first kappa shape index (κ1) is 28.0. The largest absolute Gasteiger partial charge is 0.495 e. The second-order valence-corrected chi connectivity index (χ2v) is 9.30. The molecule has 0 spiro atoms. The molecule has 2 saturated heterocycles. The lowest BCUT2D eigenvalue weighted by Gasteiger charge is -2.34. The molecule has 0 aliphatic carbocycles. The minimum Gasteiger partial charge on any atom is -0.495 e. The Labute approximate surface area is 217 Å². The minimum atomic E-state index is 0. The Morgan fingerprint density at radius 2 is 1.94 bits per heavy atom. The van der Waals surface area contributed by atoms with Crippen molar-refractivity contribution in [3.8, 4) is 5.75 Å². The number of para-hydroxylation sites is 2. The smallest absolute Gasteiger partial charge is 0.191 e. The van der Waals surface area contributed by atoms with Crippen LogP contribution in [0.15, 0.2) is 29.3 Å². The van der Waals surface area contributed by atoms with Crippen LogP contribution in [0.5, 0.6) is 5.75 Å². The van der Waals surface area contributed by atoms with Crippen LogP contribution >= 0.6 is 24.0 Å². The van der Waals surface area contributed by atoms with E-state index in [4.69, 9.17) is 14.5 Å². The van der Waals surface area contributed by atoms with Crippen molar-refractivity contribution in [2.45, 2.75) is 39.7 Å². The summed E-state index contributed by atoms with van der Waals surface area (Å²) in [4.78, 5) is 9.98. The highest BCUT2D eigenvalue weighted by Gasteiger charge is 2.25. The van der Waals surface area contributed by atoms with Gasteiger partial charge in [0.05, 0.1) is 32.6 Å². The van der Waals surface area contributed by atoms with Crippen LogP contribution in [0.1, 0.15) is 33.6 Å². The Bertz CT molecular complexity index is 712. The molecule has 1 aromatic carbocycles. The lowest BCUT2D eigenvalue weighted by molar-refractivity contribution is 0.0143. The van der Waals surface area contributed by atoms with Gasteiger partial charge in [-0.1, -0.05) is 26.0 Å². The second kappa shape index (κ2) is 14.9. The van der Waals surface area contributed by atoms with Gasteiger partial charge in [0.15, 0.2) is 5.96 Å². The van der Waals surface area contributed by atoms with Crippen LogP contribution in [-0.4, -0.2) is 83.0 Å². The van der Waals surface area contributed by atoms with Crippen molar-refractivity contribution in [3.05, 3.63) is 24.3 Å². The van der Waals surface area contributed by atoms with Gasteiger partial charge in [-0.25, -0.2) is 0 Å². The molecule has 2 N–H and O–H groups in total. The molecule has 188 valence electrons. The van der Waals surface area contributed by atoms with Gasteiger partial charge in [-0.2, -0.15) is 0 Å². The Kier molecular flexibility index (Phi) is 12.6. The molecular weight excluding hydrogens is 529 g/mol. The van der Waals surface area contributed by atoms with Crippen LogP contribution in [0.3, 0.4) is 0 Å². The summed E-state index contributed by atoms with van der Waals surface area (Å²) in [6.45, 7) is 15.2. The number of nitrogens with zero attached hydrogens (tertiary/aromatic N) is 3. The fourth-order valence-electron chi connectivity index (χ4n) is 4.71. The number of anilines is 1. The van der Waals surface area contributed by atoms with Gasteiger partial charge in [0.25, 0.3) is 0 Å². The zero-order chi connectivity index (χ0) is 22.8. The average Bonchev–Trinajstić information content (AvgIpc) is 3.29. The number of nitrogens with one attached hydrogen (secondary N) is 2. The van der Waals surface area contributed by atoms with E-state index in [2.05, 4.69) is 53.3 Å². The van der Waals surface area contributed by atoms with E-state index in [0.717, 1.165) is 70.7 Å². The van der Waals surface area contributed by atoms with Crippen molar-refractivity contribution in [2.75, 3.05) is 71.0 Å². The van der Waals surface area contributed by atoms with Crippen molar-refractivity contribution in [1.82, 2.24) is 15.5 Å². The molecule has 0 aromatic heterocycles. The number of hydrogen-bond acceptors (Lipinski definition) is 5. The van der Waals surface area contributed by atoms with E-state index in [-0.39, 0.29) is 24.0 Å². The molecule has 2 fully saturated rings. The summed E-state index contributed by atoms with van der Waals surface area (Å²) in [5.41, 5.74) is 1.19. The van der Waals surface area contributed by atoms with Crippen molar-refractivity contribution in [1.29, 1.82) is 0 Å². The highest BCUT2D eigenvalue weighted by molar-refractivity contribution is 14.0. The topological polar surface area (TPSA) is 61.4 Å². The van der Waals surface area contributed by atoms with Gasteiger partial charge in [0, 0.05) is 45.3 Å². The van der Waals surface area contributed by atoms with Gasteiger partial charge in [0.1, 0.15) is 5.75 Å². The molecule has 0 radical (unpaired) electrons. The lowest BCUT2D eigenvalue weighted by Crippen LogP contribution is -2.46. The molecule has 0 saturated carbocycles. The zero-order valence-electron chi connectivity index (χ0n) is 20.9. The fourth-order valence-corrected chi connectivity index (χ4v) is 4.71. The van der Waals surface area contributed by atoms with Crippen LogP contribution in [0.4, 0.5) is 5.69 Å². The monoisotopic (exact) mass is 573 g/mol. The molecule has 2 atom stereocenters. The Balaban J connectivity index is 0.00000385. The van der Waals surface area contributed by atoms with Crippen molar-refractivity contribution >= 4 is 35.6 Å². The first-order valence-corrected chi connectivity index (χ1v) is 12.3. The van der Waals surface area contributed by atoms with Gasteiger partial charge < -0.3 is 25.0 Å². The number of ether oxygens (including phenoxy) is 2. The van der Waals surface area contributed by atoms with E-state index < -0.39 is 0 Å². The van der Waals surface area contributed by atoms with Crippen molar-refractivity contribution < 1.29 is 9.47 Å². The molecule has 33 heavy (non-hydrogen) atoms. The van der Waals surface area contributed by atoms with E-state index in [1.54, 1.807) is 7.11 Å². The van der Waals surface area contributed by atoms with E-state index >= 15 is 0 Å². The van der Waals surface area contributed by atoms with E-state index in [0.29, 0.717) is 17.9 Å². The number of guanidine groups is 1. The highest BCUT2D eigenvalue weighted by Crippen LogP contribution is 2.31. The van der Waals surface area contributed by atoms with E-state index in [1.165, 1.54) is 18.5 Å². The van der Waals surface area contributed by atoms with Gasteiger partial charge in [-0.15, -0.1) is 24.0 Å². The molecule has 7 nitrogen and oxygen atoms in total.